The molecule has 1 saturated heterocycles. The minimum Gasteiger partial charge on any atom is -0.377 e. The highest BCUT2D eigenvalue weighted by Gasteiger charge is 2.34. The highest BCUT2D eigenvalue weighted by Crippen LogP contribution is 2.31. The molecule has 2 rings (SSSR count). The van der Waals surface area contributed by atoms with Gasteiger partial charge in [0, 0.05) is 12.6 Å². The lowest BCUT2D eigenvalue weighted by atomic mass is 10.2. The highest BCUT2D eigenvalue weighted by molar-refractivity contribution is 6.28. The summed E-state index contributed by atoms with van der Waals surface area (Å²) in [7, 11) is 0. The second-order valence-corrected chi connectivity index (χ2v) is 4.33. The summed E-state index contributed by atoms with van der Waals surface area (Å²) in [5.41, 5.74) is -1.03. The van der Waals surface area contributed by atoms with Crippen molar-refractivity contribution in [2.45, 2.75) is 19.1 Å². The Morgan fingerprint density at radius 3 is 2.78 bits per heavy atom. The van der Waals surface area contributed by atoms with Crippen LogP contribution in [0.25, 0.3) is 0 Å². The van der Waals surface area contributed by atoms with Gasteiger partial charge in [0.05, 0.1) is 19.3 Å². The molecule has 1 aliphatic heterocycles. The first kappa shape index (κ1) is 13.4. The molecule has 0 amide bonds. The van der Waals surface area contributed by atoms with E-state index in [1.54, 1.807) is 4.90 Å². The van der Waals surface area contributed by atoms with Crippen molar-refractivity contribution < 1.29 is 17.9 Å². The lowest BCUT2D eigenvalue weighted by molar-refractivity contribution is -0.141. The summed E-state index contributed by atoms with van der Waals surface area (Å²) in [6.45, 7) is 3.23. The Morgan fingerprint density at radius 1 is 1.44 bits per heavy atom. The molecule has 2 heterocycles. The molecule has 1 fully saturated rings. The van der Waals surface area contributed by atoms with Crippen molar-refractivity contribution in [3.8, 4) is 0 Å². The van der Waals surface area contributed by atoms with Crippen molar-refractivity contribution >= 4 is 17.4 Å². The van der Waals surface area contributed by atoms with Gasteiger partial charge in [-0.1, -0.05) is 0 Å². The molecule has 100 valence electrons. The summed E-state index contributed by atoms with van der Waals surface area (Å²) in [5, 5.41) is -0.404. The van der Waals surface area contributed by atoms with Crippen molar-refractivity contribution in [2.75, 3.05) is 24.7 Å². The summed E-state index contributed by atoms with van der Waals surface area (Å²) in [5.74, 6) is 0.179. The zero-order valence-electron chi connectivity index (χ0n) is 9.54. The summed E-state index contributed by atoms with van der Waals surface area (Å²) in [6, 6.07) is 0.860. The van der Waals surface area contributed by atoms with Crippen LogP contribution in [0.4, 0.5) is 19.0 Å². The van der Waals surface area contributed by atoms with Crippen LogP contribution in [0.3, 0.4) is 0 Å². The van der Waals surface area contributed by atoms with E-state index in [1.165, 1.54) is 0 Å². The first-order valence-corrected chi connectivity index (χ1v) is 5.72. The maximum absolute atomic E-state index is 12.6. The normalized spacial score (nSPS) is 21.2. The third kappa shape index (κ3) is 2.84. The third-order valence-corrected chi connectivity index (χ3v) is 2.81. The van der Waals surface area contributed by atoms with Gasteiger partial charge in [0.2, 0.25) is 5.28 Å². The van der Waals surface area contributed by atoms with Gasteiger partial charge in [-0.05, 0) is 18.5 Å². The molecule has 1 aromatic rings. The molecule has 0 N–H and O–H groups in total. The lowest BCUT2D eigenvalue weighted by Crippen LogP contribution is -2.44. The number of alkyl halides is 3. The topological polar surface area (TPSA) is 38.2 Å². The van der Waals surface area contributed by atoms with Gasteiger partial charge in [-0.15, -0.1) is 0 Å². The van der Waals surface area contributed by atoms with Crippen molar-refractivity contribution in [1.29, 1.82) is 0 Å². The molecule has 0 aliphatic carbocycles. The van der Waals surface area contributed by atoms with Crippen LogP contribution < -0.4 is 4.90 Å². The smallest absolute Gasteiger partial charge is 0.377 e. The molecule has 0 saturated carbocycles. The van der Waals surface area contributed by atoms with Gasteiger partial charge in [0.25, 0.3) is 0 Å². The SMILES string of the molecule is CC1COCCN1c1cc(C(F)(F)F)nc(Cl)n1. The Hall–Kier alpha value is -1.08. The van der Waals surface area contributed by atoms with Crippen molar-refractivity contribution in [2.24, 2.45) is 0 Å². The molecule has 8 heteroatoms. The monoisotopic (exact) mass is 281 g/mol. The van der Waals surface area contributed by atoms with Gasteiger partial charge in [-0.3, -0.25) is 0 Å². The van der Waals surface area contributed by atoms with Gasteiger partial charge in [-0.2, -0.15) is 13.2 Å². The van der Waals surface area contributed by atoms with Crippen LogP contribution in [0.2, 0.25) is 5.28 Å². The molecular formula is C10H11ClF3N3O. The van der Waals surface area contributed by atoms with E-state index in [9.17, 15) is 13.2 Å². The molecule has 1 aromatic heterocycles. The Bertz CT molecular complexity index is 441. The number of nitrogens with zero attached hydrogens (tertiary/aromatic N) is 3. The number of rotatable bonds is 1. The maximum atomic E-state index is 12.6. The number of halogens is 4. The van der Waals surface area contributed by atoms with Gasteiger partial charge < -0.3 is 9.64 Å². The number of anilines is 1. The molecule has 1 unspecified atom stereocenters. The maximum Gasteiger partial charge on any atom is 0.433 e. The van der Waals surface area contributed by atoms with Crippen molar-refractivity contribution in [3.05, 3.63) is 17.0 Å². The molecular weight excluding hydrogens is 271 g/mol. The van der Waals surface area contributed by atoms with E-state index < -0.39 is 17.2 Å². The molecule has 1 atom stereocenters. The Morgan fingerprint density at radius 2 is 2.17 bits per heavy atom. The van der Waals surface area contributed by atoms with E-state index in [1.807, 2.05) is 6.92 Å². The van der Waals surface area contributed by atoms with Gasteiger partial charge in [0.15, 0.2) is 5.69 Å². The Balaban J connectivity index is 2.35. The third-order valence-electron chi connectivity index (χ3n) is 2.64. The fraction of sp³-hybridized carbons (Fsp3) is 0.600. The van der Waals surface area contributed by atoms with Crippen LogP contribution in [0, 0.1) is 0 Å². The second kappa shape index (κ2) is 4.89. The minimum absolute atomic E-state index is 0.0502. The standard InChI is InChI=1S/C10H11ClF3N3O/c1-6-5-18-3-2-17(6)8-4-7(10(12,13)14)15-9(11)16-8/h4,6H,2-3,5H2,1H3. The van der Waals surface area contributed by atoms with Crippen LogP contribution in [0.1, 0.15) is 12.6 Å². The lowest BCUT2D eigenvalue weighted by Gasteiger charge is -2.34. The molecule has 0 bridgehead atoms. The van der Waals surface area contributed by atoms with E-state index in [4.69, 9.17) is 16.3 Å². The number of morpholine rings is 1. The average Bonchev–Trinajstić information content (AvgIpc) is 2.27. The van der Waals surface area contributed by atoms with Crippen LogP contribution in [-0.2, 0) is 10.9 Å². The zero-order chi connectivity index (χ0) is 13.3. The quantitative estimate of drug-likeness (QED) is 0.741. The summed E-state index contributed by atoms with van der Waals surface area (Å²) in [6.07, 6.45) is -4.53. The number of hydrogen-bond acceptors (Lipinski definition) is 4. The molecule has 0 spiro atoms. The van der Waals surface area contributed by atoms with Gasteiger partial charge in [0.1, 0.15) is 5.82 Å². The fourth-order valence-corrected chi connectivity index (χ4v) is 1.94. The predicted octanol–water partition coefficient (Wildman–Crippen LogP) is 2.37. The van der Waals surface area contributed by atoms with E-state index in [2.05, 4.69) is 9.97 Å². The van der Waals surface area contributed by atoms with Crippen molar-refractivity contribution in [1.82, 2.24) is 9.97 Å². The van der Waals surface area contributed by atoms with E-state index >= 15 is 0 Å². The molecule has 0 radical (unpaired) electrons. The Labute approximate surface area is 107 Å². The average molecular weight is 282 g/mol. The largest absolute Gasteiger partial charge is 0.433 e. The van der Waals surface area contributed by atoms with Gasteiger partial charge >= 0.3 is 6.18 Å². The van der Waals surface area contributed by atoms with Gasteiger partial charge in [-0.25, -0.2) is 9.97 Å². The molecule has 18 heavy (non-hydrogen) atoms. The van der Waals surface area contributed by atoms with Crippen molar-refractivity contribution in [3.63, 3.8) is 0 Å². The van der Waals surface area contributed by atoms with E-state index in [0.29, 0.717) is 19.8 Å². The first-order chi connectivity index (χ1) is 8.38. The molecule has 1 aliphatic rings. The van der Waals surface area contributed by atoms with Crippen LogP contribution in [0.15, 0.2) is 6.07 Å². The van der Waals surface area contributed by atoms with E-state index in [-0.39, 0.29) is 11.9 Å². The number of aromatic nitrogens is 2. The predicted molar refractivity (Wildman–Crippen MR) is 59.7 cm³/mol. The summed E-state index contributed by atoms with van der Waals surface area (Å²) in [4.78, 5) is 8.77. The Kier molecular flexibility index (Phi) is 3.63. The highest BCUT2D eigenvalue weighted by atomic mass is 35.5. The summed E-state index contributed by atoms with van der Waals surface area (Å²) >= 11 is 5.54. The van der Waals surface area contributed by atoms with Crippen LogP contribution >= 0.6 is 11.6 Å². The number of ether oxygens (including phenoxy) is 1. The first-order valence-electron chi connectivity index (χ1n) is 5.34. The number of hydrogen-bond donors (Lipinski definition) is 0. The van der Waals surface area contributed by atoms with E-state index in [0.717, 1.165) is 6.07 Å². The molecule has 0 aromatic carbocycles. The molecule has 4 nitrogen and oxygen atoms in total. The fourth-order valence-electron chi connectivity index (χ4n) is 1.77. The van der Waals surface area contributed by atoms with Crippen LogP contribution in [0.5, 0.6) is 0 Å². The summed E-state index contributed by atoms with van der Waals surface area (Å²) < 4.78 is 43.1. The van der Waals surface area contributed by atoms with Crippen LogP contribution in [-0.4, -0.2) is 35.8 Å². The zero-order valence-corrected chi connectivity index (χ0v) is 10.3. The minimum atomic E-state index is -4.53. The second-order valence-electron chi connectivity index (χ2n) is 4.00.